The predicted molar refractivity (Wildman–Crippen MR) is 197 cm³/mol. The molecule has 3 heteroatoms. The standard InChI is InChI=1S/2C22H22O.Mg/c2*1-22(2,3)18-14-15-19(23)21(17-12-8-5-9-13-17)20(18)16-10-6-4-7-11-16;/h2*4-15,23H,1-3H3;/q;;+2/p-2. The van der Waals surface area contributed by atoms with Gasteiger partial charge in [-0.25, -0.2) is 0 Å². The van der Waals surface area contributed by atoms with Crippen molar-refractivity contribution in [2.45, 2.75) is 52.4 Å². The summed E-state index contributed by atoms with van der Waals surface area (Å²) in [6.07, 6.45) is 0. The van der Waals surface area contributed by atoms with E-state index in [1.807, 2.05) is 109 Å². The van der Waals surface area contributed by atoms with Crippen molar-refractivity contribution in [2.75, 3.05) is 0 Å². The Hall–Kier alpha value is -4.31. The van der Waals surface area contributed by atoms with E-state index >= 15 is 0 Å². The Kier molecular flexibility index (Phi) is 11.4. The number of hydrogen-bond donors (Lipinski definition) is 0. The summed E-state index contributed by atoms with van der Waals surface area (Å²) < 4.78 is 0. The van der Waals surface area contributed by atoms with E-state index in [0.717, 1.165) is 44.5 Å². The Balaban J connectivity index is 0.000000208. The summed E-state index contributed by atoms with van der Waals surface area (Å²) in [5.74, 6) is 0.145. The molecule has 0 aliphatic heterocycles. The van der Waals surface area contributed by atoms with Crippen LogP contribution in [0.1, 0.15) is 52.7 Å². The maximum Gasteiger partial charge on any atom is 2.00 e. The Labute approximate surface area is 297 Å². The fraction of sp³-hybridized carbons (Fsp3) is 0.182. The zero-order chi connectivity index (χ0) is 32.9. The van der Waals surface area contributed by atoms with Crippen LogP contribution in [-0.2, 0) is 10.8 Å². The van der Waals surface area contributed by atoms with Gasteiger partial charge in [0.2, 0.25) is 0 Å². The summed E-state index contributed by atoms with van der Waals surface area (Å²) >= 11 is 0. The van der Waals surface area contributed by atoms with Crippen molar-refractivity contribution < 1.29 is 10.2 Å². The van der Waals surface area contributed by atoms with Gasteiger partial charge in [-0.3, -0.25) is 0 Å². The molecular weight excluding hydrogens is 585 g/mol. The third-order valence-corrected chi connectivity index (χ3v) is 8.20. The first-order valence-corrected chi connectivity index (χ1v) is 15.9. The van der Waals surface area contributed by atoms with E-state index in [1.165, 1.54) is 11.1 Å². The van der Waals surface area contributed by atoms with Crippen LogP contribution in [0.15, 0.2) is 146 Å². The minimum Gasteiger partial charge on any atom is -0.872 e. The van der Waals surface area contributed by atoms with Gasteiger partial charge >= 0.3 is 23.1 Å². The summed E-state index contributed by atoms with van der Waals surface area (Å²) in [6.45, 7) is 13.1. The van der Waals surface area contributed by atoms with Crippen molar-refractivity contribution in [3.05, 3.63) is 157 Å². The molecule has 0 unspecified atom stereocenters. The van der Waals surface area contributed by atoms with Gasteiger partial charge in [-0.1, -0.05) is 187 Å². The van der Waals surface area contributed by atoms with E-state index in [1.54, 1.807) is 12.1 Å². The second kappa shape index (κ2) is 15.1. The van der Waals surface area contributed by atoms with Crippen molar-refractivity contribution in [1.82, 2.24) is 0 Å². The zero-order valence-corrected chi connectivity index (χ0v) is 29.8. The van der Waals surface area contributed by atoms with Crippen LogP contribution in [0.3, 0.4) is 0 Å². The van der Waals surface area contributed by atoms with Gasteiger partial charge in [0, 0.05) is 0 Å². The van der Waals surface area contributed by atoms with Crippen LogP contribution in [0.4, 0.5) is 0 Å². The minimum atomic E-state index is -0.0393. The third kappa shape index (κ3) is 8.16. The molecule has 0 N–H and O–H groups in total. The molecule has 0 heterocycles. The van der Waals surface area contributed by atoms with Crippen LogP contribution in [0.2, 0.25) is 0 Å². The molecule has 0 aromatic heterocycles. The van der Waals surface area contributed by atoms with Crippen LogP contribution in [0.5, 0.6) is 11.5 Å². The SMILES string of the molecule is CC(C)(C)c1ccc([O-])c(-c2ccccc2)c1-c1ccccc1.CC(C)(C)c1ccc([O-])c(-c2ccccc2)c1-c1ccccc1.[Mg+2]. The van der Waals surface area contributed by atoms with Crippen LogP contribution < -0.4 is 10.2 Å². The van der Waals surface area contributed by atoms with Crippen LogP contribution >= 0.6 is 0 Å². The molecule has 0 aliphatic rings. The Morgan fingerprint density at radius 1 is 0.319 bits per heavy atom. The average molecular weight is 627 g/mol. The molecule has 6 aromatic carbocycles. The molecule has 232 valence electrons. The first-order valence-electron chi connectivity index (χ1n) is 15.9. The van der Waals surface area contributed by atoms with Gasteiger partial charge in [-0.15, -0.1) is 11.5 Å². The van der Waals surface area contributed by atoms with Crippen LogP contribution in [-0.4, -0.2) is 23.1 Å². The molecule has 0 amide bonds. The monoisotopic (exact) mass is 626 g/mol. The van der Waals surface area contributed by atoms with Crippen LogP contribution in [0.25, 0.3) is 44.5 Å². The van der Waals surface area contributed by atoms with Crippen molar-refractivity contribution in [3.63, 3.8) is 0 Å². The van der Waals surface area contributed by atoms with Crippen molar-refractivity contribution in [3.8, 4) is 56.0 Å². The molecule has 0 saturated heterocycles. The summed E-state index contributed by atoms with van der Waals surface area (Å²) in [4.78, 5) is 0. The summed E-state index contributed by atoms with van der Waals surface area (Å²) in [5, 5.41) is 25.4. The summed E-state index contributed by atoms with van der Waals surface area (Å²) in [7, 11) is 0. The predicted octanol–water partition coefficient (Wildman–Crippen LogP) is 10.4. The van der Waals surface area contributed by atoms with Crippen molar-refractivity contribution in [2.24, 2.45) is 0 Å². The topological polar surface area (TPSA) is 46.1 Å². The van der Waals surface area contributed by atoms with Gasteiger partial charge in [0.15, 0.2) is 0 Å². The van der Waals surface area contributed by atoms with Gasteiger partial charge < -0.3 is 10.2 Å². The molecule has 0 saturated carbocycles. The van der Waals surface area contributed by atoms with Gasteiger partial charge in [0.25, 0.3) is 0 Å². The molecule has 47 heavy (non-hydrogen) atoms. The zero-order valence-electron chi connectivity index (χ0n) is 28.4. The van der Waals surface area contributed by atoms with Gasteiger partial charge in [0.1, 0.15) is 0 Å². The normalized spacial score (nSPS) is 11.2. The molecule has 2 nitrogen and oxygen atoms in total. The summed E-state index contributed by atoms with van der Waals surface area (Å²) in [6, 6.07) is 47.7. The van der Waals surface area contributed by atoms with E-state index in [-0.39, 0.29) is 45.4 Å². The third-order valence-electron chi connectivity index (χ3n) is 8.20. The van der Waals surface area contributed by atoms with E-state index in [2.05, 4.69) is 65.8 Å². The number of benzene rings is 6. The molecular formula is C44H42MgO2. The molecule has 0 fully saturated rings. The first-order chi connectivity index (χ1) is 22.0. The van der Waals surface area contributed by atoms with Gasteiger partial charge in [0.05, 0.1) is 0 Å². The minimum absolute atomic E-state index is 0. The van der Waals surface area contributed by atoms with Crippen molar-refractivity contribution >= 4 is 23.1 Å². The quantitative estimate of drug-likeness (QED) is 0.183. The second-order valence-electron chi connectivity index (χ2n) is 13.7. The molecule has 6 aromatic rings. The van der Waals surface area contributed by atoms with Crippen molar-refractivity contribution in [1.29, 1.82) is 0 Å². The van der Waals surface area contributed by atoms with E-state index in [4.69, 9.17) is 0 Å². The molecule has 0 bridgehead atoms. The number of rotatable bonds is 4. The van der Waals surface area contributed by atoms with Gasteiger partial charge in [-0.2, -0.15) is 0 Å². The second-order valence-corrected chi connectivity index (χ2v) is 13.7. The molecule has 0 aliphatic carbocycles. The summed E-state index contributed by atoms with van der Waals surface area (Å²) in [5.41, 5.74) is 10.1. The number of hydrogen-bond acceptors (Lipinski definition) is 2. The fourth-order valence-electron chi connectivity index (χ4n) is 6.01. The first kappa shape index (κ1) is 35.5. The average Bonchev–Trinajstić information content (AvgIpc) is 3.05. The fourth-order valence-corrected chi connectivity index (χ4v) is 6.01. The molecule has 0 atom stereocenters. The van der Waals surface area contributed by atoms with Crippen LogP contribution in [0, 0.1) is 0 Å². The Morgan fingerprint density at radius 3 is 0.787 bits per heavy atom. The molecule has 0 spiro atoms. The Morgan fingerprint density at radius 2 is 0.553 bits per heavy atom. The van der Waals surface area contributed by atoms with E-state index < -0.39 is 0 Å². The maximum atomic E-state index is 12.7. The Bertz CT molecular complexity index is 1740. The smallest absolute Gasteiger partial charge is 0.872 e. The largest absolute Gasteiger partial charge is 2.00 e. The molecule has 0 radical (unpaired) electrons. The van der Waals surface area contributed by atoms with Gasteiger partial charge in [-0.05, 0) is 66.5 Å². The van der Waals surface area contributed by atoms with E-state index in [9.17, 15) is 10.2 Å². The molecule has 6 rings (SSSR count). The maximum absolute atomic E-state index is 12.7. The van der Waals surface area contributed by atoms with E-state index in [0.29, 0.717) is 0 Å².